The first kappa shape index (κ1) is 20.8. The van der Waals surface area contributed by atoms with E-state index in [9.17, 15) is 33.5 Å². The molecule has 4 N–H and O–H groups in total. The summed E-state index contributed by atoms with van der Waals surface area (Å²) in [4.78, 5) is 42.1. The monoisotopic (exact) mass is 413 g/mol. The van der Waals surface area contributed by atoms with Gasteiger partial charge in [-0.2, -0.15) is 4.94 Å². The van der Waals surface area contributed by atoms with Crippen molar-refractivity contribution in [1.82, 2.24) is 14.9 Å². The van der Waals surface area contributed by atoms with E-state index >= 15 is 0 Å². The molecule has 29 heavy (non-hydrogen) atoms. The Balaban J connectivity index is 1.85. The molecule has 1 aromatic carbocycles. The number of aliphatic hydroxyl groups excluding tert-OH is 2. The van der Waals surface area contributed by atoms with Gasteiger partial charge in [0.1, 0.15) is 23.6 Å². The average Bonchev–Trinajstić information content (AvgIpc) is 3.02. The first-order valence-corrected chi connectivity index (χ1v) is 8.45. The molecular formula is C17H17F2N3O7. The summed E-state index contributed by atoms with van der Waals surface area (Å²) in [6.07, 6.45) is -5.21. The normalized spacial score (nSPS) is 23.9. The highest BCUT2D eigenvalue weighted by molar-refractivity contribution is 5.93. The third-order valence-electron chi connectivity index (χ3n) is 4.45. The van der Waals surface area contributed by atoms with E-state index in [1.165, 1.54) is 24.3 Å². The van der Waals surface area contributed by atoms with Crippen LogP contribution in [0.2, 0.25) is 0 Å². The van der Waals surface area contributed by atoms with Crippen molar-refractivity contribution in [3.8, 4) is 0 Å². The van der Waals surface area contributed by atoms with Crippen LogP contribution in [0.3, 0.4) is 0 Å². The molecule has 0 bridgehead atoms. The highest BCUT2D eigenvalue weighted by Gasteiger charge is 2.47. The fourth-order valence-corrected chi connectivity index (χ4v) is 2.90. The molecule has 1 amide bonds. The zero-order valence-electron chi connectivity index (χ0n) is 14.7. The number of amides is 1. The maximum atomic E-state index is 12.9. The van der Waals surface area contributed by atoms with Crippen molar-refractivity contribution in [3.63, 3.8) is 0 Å². The standard InChI is InChI=1S/C17H17F2N3O7/c18-9-3-1-8(2-4-9)5-20-14(25)10-6-22(17(27)21-15(10)26)16-13(29-19)12(24)11(7-23)28-16/h1-4,6,11-13,16,23-24H,5,7H2,(H,20,25)(H,21,26,27)/t11-,12+,13-,16-/m1/s1. The Bertz CT molecular complexity index is 992. The molecule has 0 unspecified atom stereocenters. The zero-order valence-corrected chi connectivity index (χ0v) is 14.7. The van der Waals surface area contributed by atoms with Crippen LogP contribution in [0.5, 0.6) is 0 Å². The van der Waals surface area contributed by atoms with Crippen LogP contribution in [0.1, 0.15) is 22.1 Å². The fraction of sp³-hybridized carbons (Fsp3) is 0.353. The molecule has 4 atom stereocenters. The van der Waals surface area contributed by atoms with Gasteiger partial charge in [0.15, 0.2) is 12.3 Å². The van der Waals surface area contributed by atoms with Gasteiger partial charge in [0.2, 0.25) is 0 Å². The molecule has 0 saturated carbocycles. The minimum atomic E-state index is -1.68. The second-order valence-electron chi connectivity index (χ2n) is 6.31. The highest BCUT2D eigenvalue weighted by Crippen LogP contribution is 2.30. The van der Waals surface area contributed by atoms with Gasteiger partial charge in [-0.15, -0.1) is 0 Å². The summed E-state index contributed by atoms with van der Waals surface area (Å²) in [5, 5.41) is 21.5. The summed E-state index contributed by atoms with van der Waals surface area (Å²) < 4.78 is 31.7. The van der Waals surface area contributed by atoms with Crippen LogP contribution >= 0.6 is 0 Å². The molecule has 0 aliphatic carbocycles. The van der Waals surface area contributed by atoms with Crippen molar-refractivity contribution in [2.24, 2.45) is 0 Å². The van der Waals surface area contributed by atoms with E-state index in [2.05, 4.69) is 10.3 Å². The molecule has 1 aliphatic heterocycles. The van der Waals surface area contributed by atoms with Crippen LogP contribution in [0, 0.1) is 5.82 Å². The first-order valence-electron chi connectivity index (χ1n) is 8.45. The number of nitrogens with one attached hydrogen (secondary N) is 2. The highest BCUT2D eigenvalue weighted by atomic mass is 19.3. The number of rotatable bonds is 6. The van der Waals surface area contributed by atoms with Gasteiger partial charge in [0, 0.05) is 12.7 Å². The summed E-state index contributed by atoms with van der Waals surface area (Å²) in [6.45, 7) is -0.709. The van der Waals surface area contributed by atoms with Crippen LogP contribution in [-0.4, -0.2) is 50.6 Å². The Hall–Kier alpha value is -2.93. The van der Waals surface area contributed by atoms with E-state index in [1.807, 2.05) is 4.98 Å². The van der Waals surface area contributed by atoms with E-state index in [0.717, 1.165) is 6.20 Å². The van der Waals surface area contributed by atoms with Crippen molar-refractivity contribution < 1.29 is 33.6 Å². The largest absolute Gasteiger partial charge is 0.394 e. The minimum absolute atomic E-state index is 0.0286. The van der Waals surface area contributed by atoms with Gasteiger partial charge in [-0.05, 0) is 22.2 Å². The molecule has 1 saturated heterocycles. The Morgan fingerprint density at radius 3 is 2.62 bits per heavy atom. The summed E-state index contributed by atoms with van der Waals surface area (Å²) in [5.74, 6) is -1.31. The van der Waals surface area contributed by atoms with Crippen molar-refractivity contribution in [2.45, 2.75) is 31.1 Å². The number of ether oxygens (including phenoxy) is 1. The number of H-pyrrole nitrogens is 1. The van der Waals surface area contributed by atoms with E-state index in [1.54, 1.807) is 0 Å². The quantitative estimate of drug-likeness (QED) is 0.482. The summed E-state index contributed by atoms with van der Waals surface area (Å²) in [7, 11) is 0. The van der Waals surface area contributed by atoms with Crippen LogP contribution in [0.4, 0.5) is 8.92 Å². The number of halogens is 2. The summed E-state index contributed by atoms with van der Waals surface area (Å²) in [6, 6.07) is 5.28. The third kappa shape index (κ3) is 4.24. The Morgan fingerprint density at radius 1 is 1.31 bits per heavy atom. The van der Waals surface area contributed by atoms with Crippen LogP contribution < -0.4 is 16.6 Å². The predicted molar refractivity (Wildman–Crippen MR) is 91.9 cm³/mol. The molecule has 156 valence electrons. The third-order valence-corrected chi connectivity index (χ3v) is 4.45. The predicted octanol–water partition coefficient (Wildman–Crippen LogP) is -0.874. The number of aliphatic hydroxyl groups is 2. The topological polar surface area (TPSA) is 143 Å². The van der Waals surface area contributed by atoms with Crippen LogP contribution in [-0.2, 0) is 16.2 Å². The maximum Gasteiger partial charge on any atom is 0.330 e. The van der Waals surface area contributed by atoms with Crippen molar-refractivity contribution >= 4 is 5.91 Å². The molecule has 12 heteroatoms. The molecule has 3 rings (SSSR count). The number of carbonyl (C=O) groups is 1. The van der Waals surface area contributed by atoms with Gasteiger partial charge in [0.05, 0.1) is 6.61 Å². The van der Waals surface area contributed by atoms with Crippen LogP contribution in [0.15, 0.2) is 40.1 Å². The number of hydrogen-bond donors (Lipinski definition) is 4. The molecule has 0 spiro atoms. The van der Waals surface area contributed by atoms with Crippen molar-refractivity contribution in [3.05, 3.63) is 68.2 Å². The molecule has 10 nitrogen and oxygen atoms in total. The molecule has 2 aromatic rings. The summed E-state index contributed by atoms with van der Waals surface area (Å²) in [5.41, 5.74) is -1.97. The lowest BCUT2D eigenvalue weighted by Crippen LogP contribution is -2.41. The Morgan fingerprint density at radius 2 is 2.00 bits per heavy atom. The van der Waals surface area contributed by atoms with Crippen molar-refractivity contribution in [2.75, 3.05) is 6.61 Å². The Labute approximate surface area is 161 Å². The lowest BCUT2D eigenvalue weighted by molar-refractivity contribution is -0.221. The number of carbonyl (C=O) groups excluding carboxylic acids is 1. The lowest BCUT2D eigenvalue weighted by atomic mass is 10.1. The number of benzene rings is 1. The number of hydrogen-bond acceptors (Lipinski definition) is 7. The van der Waals surface area contributed by atoms with E-state index in [0.29, 0.717) is 10.1 Å². The lowest BCUT2D eigenvalue weighted by Gasteiger charge is -2.18. The van der Waals surface area contributed by atoms with Gasteiger partial charge in [-0.3, -0.25) is 19.1 Å². The fourth-order valence-electron chi connectivity index (χ4n) is 2.90. The number of aromatic amines is 1. The van der Waals surface area contributed by atoms with Gasteiger partial charge >= 0.3 is 5.69 Å². The second-order valence-corrected chi connectivity index (χ2v) is 6.31. The molecule has 1 aromatic heterocycles. The molecule has 1 aliphatic rings. The number of nitrogens with zero attached hydrogens (tertiary/aromatic N) is 1. The number of aromatic nitrogens is 2. The molecule has 1 fully saturated rings. The molecule has 0 radical (unpaired) electrons. The smallest absolute Gasteiger partial charge is 0.330 e. The van der Waals surface area contributed by atoms with E-state index in [-0.39, 0.29) is 6.54 Å². The average molecular weight is 413 g/mol. The first-order chi connectivity index (χ1) is 13.8. The van der Waals surface area contributed by atoms with Gasteiger partial charge in [0.25, 0.3) is 11.5 Å². The second kappa shape index (κ2) is 8.61. The minimum Gasteiger partial charge on any atom is -0.394 e. The summed E-state index contributed by atoms with van der Waals surface area (Å²) >= 11 is 0. The van der Waals surface area contributed by atoms with Gasteiger partial charge < -0.3 is 20.3 Å². The maximum absolute atomic E-state index is 12.9. The van der Waals surface area contributed by atoms with Crippen molar-refractivity contribution in [1.29, 1.82) is 0 Å². The molecule has 2 heterocycles. The van der Waals surface area contributed by atoms with E-state index < -0.39 is 59.7 Å². The SMILES string of the molecule is O=C(NCc1ccc(F)cc1)c1cn([C@@H]2O[C@H](CO)[C@H](O)[C@H]2OF)c(=O)[nH]c1=O. The Kier molecular flexibility index (Phi) is 6.17. The molecular weight excluding hydrogens is 396 g/mol. The van der Waals surface area contributed by atoms with E-state index in [4.69, 9.17) is 4.74 Å². The van der Waals surface area contributed by atoms with Gasteiger partial charge in [-0.1, -0.05) is 12.1 Å². The van der Waals surface area contributed by atoms with Crippen LogP contribution in [0.25, 0.3) is 0 Å². The van der Waals surface area contributed by atoms with Gasteiger partial charge in [-0.25, -0.2) is 9.18 Å². The zero-order chi connectivity index (χ0) is 21.1.